The third-order valence-electron chi connectivity index (χ3n) is 4.93. The van der Waals surface area contributed by atoms with Crippen LogP contribution in [0.5, 0.6) is 5.75 Å². The molecule has 1 N–H and O–H groups in total. The molecule has 0 saturated heterocycles. The number of hydroxylamine groups is 1. The Balaban J connectivity index is 1.92. The summed E-state index contributed by atoms with van der Waals surface area (Å²) in [6.45, 7) is 0. The van der Waals surface area contributed by atoms with E-state index in [1.807, 2.05) is 0 Å². The average molecular weight is 465 g/mol. The van der Waals surface area contributed by atoms with E-state index in [4.69, 9.17) is 9.57 Å². The van der Waals surface area contributed by atoms with Crippen molar-refractivity contribution in [3.8, 4) is 5.75 Å². The van der Waals surface area contributed by atoms with E-state index in [0.717, 1.165) is 0 Å². The second-order valence-electron chi connectivity index (χ2n) is 6.92. The fourth-order valence-corrected chi connectivity index (χ4v) is 4.80. The molecule has 0 bridgehead atoms. The van der Waals surface area contributed by atoms with Crippen molar-refractivity contribution in [1.29, 1.82) is 0 Å². The van der Waals surface area contributed by atoms with Crippen molar-refractivity contribution < 1.29 is 28.0 Å². The molecule has 4 rings (SSSR count). The topological polar surface area (TPSA) is 131 Å². The quantitative estimate of drug-likeness (QED) is 0.334. The molecule has 1 aliphatic rings. The largest absolute Gasteiger partial charge is 0.871 e. The van der Waals surface area contributed by atoms with Gasteiger partial charge in [0.1, 0.15) is 10.7 Å². The number of nitro groups is 1. The minimum absolute atomic E-state index is 0.0210. The van der Waals surface area contributed by atoms with E-state index in [1.165, 1.54) is 43.5 Å². The predicted octanol–water partition coefficient (Wildman–Crippen LogP) is 3.01. The molecule has 0 aromatic heterocycles. The number of hydrogen-bond acceptors (Lipinski definition) is 8. The second kappa shape index (κ2) is 8.67. The van der Waals surface area contributed by atoms with Gasteiger partial charge in [-0.25, -0.2) is 13.9 Å². The van der Waals surface area contributed by atoms with E-state index in [2.05, 4.69) is 5.48 Å². The van der Waals surface area contributed by atoms with Crippen molar-refractivity contribution >= 4 is 27.0 Å². The van der Waals surface area contributed by atoms with Crippen molar-refractivity contribution in [1.82, 2.24) is 5.48 Å². The van der Waals surface area contributed by atoms with Gasteiger partial charge in [-0.05, 0) is 54.1 Å². The first kappa shape index (κ1) is 21.9. The fraction of sp³-hybridized carbons (Fsp3) is 0.0435. The third-order valence-corrected chi connectivity index (χ3v) is 6.75. The molecule has 168 valence electrons. The zero-order valence-electron chi connectivity index (χ0n) is 17.2. The average Bonchev–Trinajstić information content (AvgIpc) is 3.30. The molecule has 0 radical (unpaired) electrons. The van der Waals surface area contributed by atoms with E-state index in [-0.39, 0.29) is 32.5 Å². The molecule has 1 aliphatic heterocycles. The van der Waals surface area contributed by atoms with E-state index in [1.54, 1.807) is 42.5 Å². The highest BCUT2D eigenvalue weighted by Gasteiger charge is 2.35. The van der Waals surface area contributed by atoms with Gasteiger partial charge in [0, 0.05) is 17.7 Å². The SMILES string of the molecule is COc1ccc(C2=C(S(=O)(=O)c3ccccc3)C(=C([O-])c3ccc([N+](=O)[O-])cc3)NO2)cc1. The van der Waals surface area contributed by atoms with Gasteiger partial charge in [0.25, 0.3) is 5.69 Å². The minimum Gasteiger partial charge on any atom is -0.871 e. The van der Waals surface area contributed by atoms with Crippen LogP contribution in [0, 0.1) is 10.1 Å². The monoisotopic (exact) mass is 465 g/mol. The van der Waals surface area contributed by atoms with E-state index < -0.39 is 20.5 Å². The molecule has 0 atom stereocenters. The van der Waals surface area contributed by atoms with Crippen molar-refractivity contribution in [2.45, 2.75) is 4.90 Å². The molecule has 1 heterocycles. The lowest BCUT2D eigenvalue weighted by Crippen LogP contribution is -2.18. The highest BCUT2D eigenvalue weighted by molar-refractivity contribution is 7.95. The predicted molar refractivity (Wildman–Crippen MR) is 118 cm³/mol. The first-order chi connectivity index (χ1) is 15.8. The summed E-state index contributed by atoms with van der Waals surface area (Å²) in [5.74, 6) is -0.182. The van der Waals surface area contributed by atoms with E-state index in [0.29, 0.717) is 11.3 Å². The second-order valence-corrected chi connectivity index (χ2v) is 8.80. The van der Waals surface area contributed by atoms with Crippen LogP contribution in [0.4, 0.5) is 5.69 Å². The van der Waals surface area contributed by atoms with Crippen molar-refractivity contribution in [2.75, 3.05) is 7.11 Å². The van der Waals surface area contributed by atoms with Crippen molar-refractivity contribution in [3.05, 3.63) is 111 Å². The fourth-order valence-electron chi connectivity index (χ4n) is 3.24. The first-order valence-corrected chi connectivity index (χ1v) is 11.1. The van der Waals surface area contributed by atoms with Crippen molar-refractivity contribution in [3.63, 3.8) is 0 Å². The summed E-state index contributed by atoms with van der Waals surface area (Å²) < 4.78 is 32.3. The van der Waals surface area contributed by atoms with Crippen LogP contribution in [0.25, 0.3) is 11.5 Å². The smallest absolute Gasteiger partial charge is 0.269 e. The number of sulfone groups is 1. The Labute approximate surface area is 189 Å². The Morgan fingerprint density at radius 1 is 0.970 bits per heavy atom. The lowest BCUT2D eigenvalue weighted by molar-refractivity contribution is -0.384. The lowest BCUT2D eigenvalue weighted by atomic mass is 10.1. The van der Waals surface area contributed by atoms with Gasteiger partial charge >= 0.3 is 0 Å². The first-order valence-electron chi connectivity index (χ1n) is 9.61. The Morgan fingerprint density at radius 2 is 1.61 bits per heavy atom. The summed E-state index contributed by atoms with van der Waals surface area (Å²) in [6.07, 6.45) is 0. The van der Waals surface area contributed by atoms with Crippen LogP contribution >= 0.6 is 0 Å². The molecule has 0 amide bonds. The molecule has 0 aliphatic carbocycles. The maximum atomic E-state index is 13.6. The normalized spacial score (nSPS) is 14.9. The molecule has 3 aromatic rings. The van der Waals surface area contributed by atoms with Gasteiger partial charge in [-0.1, -0.05) is 24.0 Å². The highest BCUT2D eigenvalue weighted by Crippen LogP contribution is 2.38. The molecular weight excluding hydrogens is 448 g/mol. The number of rotatable bonds is 6. The van der Waals surface area contributed by atoms with Gasteiger partial charge in [0.2, 0.25) is 9.84 Å². The van der Waals surface area contributed by atoms with Gasteiger partial charge in [-0.15, -0.1) is 0 Å². The number of non-ortho nitro benzene ring substituents is 1. The lowest BCUT2D eigenvalue weighted by Gasteiger charge is -2.17. The summed E-state index contributed by atoms with van der Waals surface area (Å²) in [5.41, 5.74) is 2.42. The molecule has 0 fully saturated rings. The van der Waals surface area contributed by atoms with Crippen LogP contribution < -0.4 is 15.3 Å². The number of nitrogens with zero attached hydrogens (tertiary/aromatic N) is 1. The number of ether oxygens (including phenoxy) is 1. The number of nitrogens with one attached hydrogen (secondary N) is 1. The van der Waals surface area contributed by atoms with Crippen LogP contribution in [0.3, 0.4) is 0 Å². The summed E-state index contributed by atoms with van der Waals surface area (Å²) >= 11 is 0. The number of benzene rings is 3. The third kappa shape index (κ3) is 4.11. The Hall–Kier alpha value is -4.31. The molecule has 0 spiro atoms. The van der Waals surface area contributed by atoms with E-state index >= 15 is 0 Å². The summed E-state index contributed by atoms with van der Waals surface area (Å²) in [5, 5.41) is 24.1. The Morgan fingerprint density at radius 3 is 2.18 bits per heavy atom. The van der Waals surface area contributed by atoms with Crippen LogP contribution in [-0.2, 0) is 14.7 Å². The van der Waals surface area contributed by atoms with Crippen LogP contribution in [-0.4, -0.2) is 20.5 Å². The van der Waals surface area contributed by atoms with Gasteiger partial charge in [-0.3, -0.25) is 10.1 Å². The van der Waals surface area contributed by atoms with Gasteiger partial charge < -0.3 is 14.7 Å². The van der Waals surface area contributed by atoms with Crippen molar-refractivity contribution in [2.24, 2.45) is 0 Å². The molecule has 10 heteroatoms. The standard InChI is InChI=1S/C23H18N2O7S/c1-31-18-13-9-16(10-14-18)22-23(33(29,30)19-5-3-2-4-6-19)20(24-32-22)21(26)15-7-11-17(12-8-15)25(27)28/h2-14,24,26H,1H3/p-1. The Bertz CT molecular complexity index is 1360. The zero-order valence-corrected chi connectivity index (χ0v) is 18.0. The van der Waals surface area contributed by atoms with E-state index in [9.17, 15) is 23.6 Å². The molecule has 3 aromatic carbocycles. The minimum atomic E-state index is -4.18. The molecule has 9 nitrogen and oxygen atoms in total. The van der Waals surface area contributed by atoms with Crippen LogP contribution in [0.1, 0.15) is 11.1 Å². The van der Waals surface area contributed by atoms with Gasteiger partial charge in [-0.2, -0.15) is 0 Å². The van der Waals surface area contributed by atoms with Gasteiger partial charge in [0.15, 0.2) is 5.76 Å². The number of methoxy groups -OCH3 is 1. The Kier molecular flexibility index (Phi) is 5.76. The van der Waals surface area contributed by atoms with Crippen LogP contribution in [0.2, 0.25) is 0 Å². The molecular formula is C23H17N2O7S-. The maximum absolute atomic E-state index is 13.6. The summed E-state index contributed by atoms with van der Waals surface area (Å²) in [4.78, 5) is 15.5. The molecule has 0 saturated carbocycles. The number of nitro benzene ring substituents is 1. The maximum Gasteiger partial charge on any atom is 0.269 e. The zero-order chi connectivity index (χ0) is 23.6. The summed E-state index contributed by atoms with van der Waals surface area (Å²) in [6, 6.07) is 19.0. The molecule has 33 heavy (non-hydrogen) atoms. The number of hydrogen-bond donors (Lipinski definition) is 1. The highest BCUT2D eigenvalue weighted by atomic mass is 32.2. The van der Waals surface area contributed by atoms with Gasteiger partial charge in [0.05, 0.1) is 22.6 Å². The van der Waals surface area contributed by atoms with Crippen LogP contribution in [0.15, 0.2) is 94.4 Å². The summed E-state index contributed by atoms with van der Waals surface area (Å²) in [7, 11) is -2.68. The molecule has 0 unspecified atom stereocenters.